The lowest BCUT2D eigenvalue weighted by atomic mass is 10.0. The highest BCUT2D eigenvalue weighted by molar-refractivity contribution is 7.20. The first-order chi connectivity index (χ1) is 26.2. The number of nitrogens with zero attached hydrogens (tertiary/aromatic N) is 2. The van der Waals surface area contributed by atoms with Gasteiger partial charge in [0.1, 0.15) is 11.2 Å². The molecule has 7 aromatic carbocycles. The number of allylic oxidation sites excluding steroid dienone is 1. The largest absolute Gasteiger partial charge is 0.456 e. The molecule has 11 rings (SSSR count). The lowest BCUT2D eigenvalue weighted by Gasteiger charge is -2.10. The number of fused-ring (bicyclic) bond motifs is 10. The molecule has 0 unspecified atom stereocenters. The fourth-order valence-corrected chi connectivity index (χ4v) is 9.68. The number of para-hydroxylation sites is 3. The summed E-state index contributed by atoms with van der Waals surface area (Å²) >= 11 is 1.82. The number of rotatable bonds is 5. The second-order valence-corrected chi connectivity index (χ2v) is 14.8. The maximum Gasteiger partial charge on any atom is 0.137 e. The number of benzene rings is 7. The highest BCUT2D eigenvalue weighted by Crippen LogP contribution is 2.41. The van der Waals surface area contributed by atoms with Crippen LogP contribution in [0.15, 0.2) is 163 Å². The van der Waals surface area contributed by atoms with Gasteiger partial charge in [0.2, 0.25) is 0 Å². The minimum atomic E-state index is 0.897. The Morgan fingerprint density at radius 3 is 1.70 bits per heavy atom. The van der Waals surface area contributed by atoms with Crippen LogP contribution in [0.3, 0.4) is 0 Å². The third kappa shape index (κ3) is 4.40. The van der Waals surface area contributed by atoms with Gasteiger partial charge in [0.15, 0.2) is 0 Å². The molecule has 3 nitrogen and oxygen atoms in total. The Bertz CT molecular complexity index is 3330. The average molecular weight is 697 g/mol. The molecule has 0 aliphatic carbocycles. The summed E-state index contributed by atoms with van der Waals surface area (Å²) in [5.41, 5.74) is 12.4. The van der Waals surface area contributed by atoms with Gasteiger partial charge in [-0.2, -0.15) is 0 Å². The van der Waals surface area contributed by atoms with Crippen molar-refractivity contribution in [3.05, 3.63) is 169 Å². The van der Waals surface area contributed by atoms with Gasteiger partial charge in [0.05, 0.1) is 22.1 Å². The first kappa shape index (κ1) is 30.0. The van der Waals surface area contributed by atoms with Gasteiger partial charge in [-0.05, 0) is 96.4 Å². The van der Waals surface area contributed by atoms with E-state index in [2.05, 4.69) is 168 Å². The van der Waals surface area contributed by atoms with Crippen molar-refractivity contribution in [3.63, 3.8) is 0 Å². The Labute approximate surface area is 309 Å². The van der Waals surface area contributed by atoms with Crippen LogP contribution in [-0.4, -0.2) is 9.13 Å². The molecule has 0 aliphatic heterocycles. The van der Waals surface area contributed by atoms with E-state index in [1.807, 2.05) is 29.5 Å². The summed E-state index contributed by atoms with van der Waals surface area (Å²) < 4.78 is 12.3. The van der Waals surface area contributed by atoms with Crippen molar-refractivity contribution in [2.45, 2.75) is 6.92 Å². The van der Waals surface area contributed by atoms with E-state index in [1.54, 1.807) is 0 Å². The fraction of sp³-hybridized carbons (Fsp3) is 0.0204. The molecule has 0 spiro atoms. The van der Waals surface area contributed by atoms with Crippen molar-refractivity contribution < 1.29 is 4.42 Å². The smallest absolute Gasteiger partial charge is 0.137 e. The number of furan rings is 1. The minimum Gasteiger partial charge on any atom is -0.456 e. The van der Waals surface area contributed by atoms with Crippen LogP contribution in [0, 0.1) is 0 Å². The molecule has 0 N–H and O–H groups in total. The molecule has 0 radical (unpaired) electrons. The predicted molar refractivity (Wildman–Crippen MR) is 228 cm³/mol. The summed E-state index contributed by atoms with van der Waals surface area (Å²) in [4.78, 5) is 1.24. The van der Waals surface area contributed by atoms with Crippen LogP contribution in [0.1, 0.15) is 17.4 Å². The molecule has 11 aromatic rings. The second-order valence-electron chi connectivity index (χ2n) is 13.7. The van der Waals surface area contributed by atoms with Gasteiger partial charge in [0.25, 0.3) is 0 Å². The molecular weight excluding hydrogens is 665 g/mol. The van der Waals surface area contributed by atoms with Crippen molar-refractivity contribution in [2.24, 2.45) is 0 Å². The molecular formula is C49H32N2OS. The Kier molecular flexibility index (Phi) is 6.49. The molecule has 4 aromatic heterocycles. The molecule has 4 heterocycles. The molecule has 0 amide bonds. The van der Waals surface area contributed by atoms with Crippen LogP contribution in [0.4, 0.5) is 0 Å². The number of thiophene rings is 1. The van der Waals surface area contributed by atoms with Crippen LogP contribution in [0.25, 0.3) is 110 Å². The van der Waals surface area contributed by atoms with Crippen molar-refractivity contribution in [1.29, 1.82) is 0 Å². The fourth-order valence-electron chi connectivity index (χ4n) is 8.46. The van der Waals surface area contributed by atoms with E-state index >= 15 is 0 Å². The van der Waals surface area contributed by atoms with Gasteiger partial charge >= 0.3 is 0 Å². The quantitative estimate of drug-likeness (QED) is 0.176. The van der Waals surface area contributed by atoms with Crippen LogP contribution in [0.2, 0.25) is 0 Å². The third-order valence-electron chi connectivity index (χ3n) is 10.8. The molecule has 0 fully saturated rings. The molecule has 250 valence electrons. The first-order valence-corrected chi connectivity index (χ1v) is 18.8. The second kappa shape index (κ2) is 11.4. The van der Waals surface area contributed by atoms with Crippen LogP contribution in [-0.2, 0) is 0 Å². The van der Waals surface area contributed by atoms with E-state index in [0.29, 0.717) is 0 Å². The summed E-state index contributed by atoms with van der Waals surface area (Å²) in [6, 6.07) is 53.0. The molecule has 0 saturated carbocycles. The molecule has 0 aliphatic rings. The monoisotopic (exact) mass is 696 g/mol. The summed E-state index contributed by atoms with van der Waals surface area (Å²) in [6.45, 7) is 6.17. The highest BCUT2D eigenvalue weighted by atomic mass is 32.1. The first-order valence-electron chi connectivity index (χ1n) is 18.0. The van der Waals surface area contributed by atoms with Crippen molar-refractivity contribution in [2.75, 3.05) is 0 Å². The van der Waals surface area contributed by atoms with Gasteiger partial charge in [0, 0.05) is 64.7 Å². The molecule has 4 heteroatoms. The molecule has 0 atom stereocenters. The summed E-state index contributed by atoms with van der Waals surface area (Å²) in [7, 11) is 0. The van der Waals surface area contributed by atoms with Crippen molar-refractivity contribution >= 4 is 99.1 Å². The minimum absolute atomic E-state index is 0.897. The van der Waals surface area contributed by atoms with Gasteiger partial charge in [-0.15, -0.1) is 11.3 Å². The topological polar surface area (TPSA) is 23.0 Å². The van der Waals surface area contributed by atoms with E-state index < -0.39 is 0 Å². The molecule has 0 bridgehead atoms. The van der Waals surface area contributed by atoms with Crippen LogP contribution < -0.4 is 0 Å². The van der Waals surface area contributed by atoms with Gasteiger partial charge in [-0.3, -0.25) is 0 Å². The van der Waals surface area contributed by atoms with Crippen LogP contribution in [0.5, 0.6) is 0 Å². The Balaban J connectivity index is 1.07. The van der Waals surface area contributed by atoms with E-state index in [9.17, 15) is 0 Å². The Hall–Kier alpha value is -6.62. The number of hydrogen-bond acceptors (Lipinski definition) is 2. The van der Waals surface area contributed by atoms with Crippen molar-refractivity contribution in [3.8, 4) is 22.5 Å². The summed E-state index contributed by atoms with van der Waals surface area (Å²) in [5.74, 6) is 0. The lowest BCUT2D eigenvalue weighted by Crippen LogP contribution is -1.93. The van der Waals surface area contributed by atoms with Gasteiger partial charge in [-0.25, -0.2) is 0 Å². The van der Waals surface area contributed by atoms with E-state index in [-0.39, 0.29) is 0 Å². The lowest BCUT2D eigenvalue weighted by molar-refractivity contribution is 0.668. The van der Waals surface area contributed by atoms with E-state index in [1.165, 1.54) is 75.3 Å². The van der Waals surface area contributed by atoms with E-state index in [0.717, 1.165) is 33.3 Å². The standard InChI is InChI=1S/C49H32N2OS/c1-3-11-48-34(4-2)39-23-21-33(29-49(39)53-48)51-43-16-9-6-13-36(43)41-27-31(19-25-45(41)51)30-18-24-44-40(26-30)35-12-5-8-15-42(35)50(44)32-20-22-38-37-14-7-10-17-46(37)52-47(38)28-32/h3-29H,2H2,1H3/b11-3-. The molecule has 53 heavy (non-hydrogen) atoms. The number of hydrogen-bond donors (Lipinski definition) is 0. The van der Waals surface area contributed by atoms with Gasteiger partial charge < -0.3 is 13.6 Å². The average Bonchev–Trinajstić information content (AvgIpc) is 3.94. The van der Waals surface area contributed by atoms with E-state index in [4.69, 9.17) is 4.42 Å². The third-order valence-corrected chi connectivity index (χ3v) is 12.0. The summed E-state index contributed by atoms with van der Waals surface area (Å²) in [5, 5.41) is 8.47. The van der Waals surface area contributed by atoms with Crippen LogP contribution >= 0.6 is 11.3 Å². The normalized spacial score (nSPS) is 12.2. The predicted octanol–water partition coefficient (Wildman–Crippen LogP) is 14.3. The Morgan fingerprint density at radius 1 is 0.509 bits per heavy atom. The highest BCUT2D eigenvalue weighted by Gasteiger charge is 2.18. The molecule has 0 saturated heterocycles. The maximum atomic E-state index is 6.31. The SMILES string of the molecule is C=Cc1c(/C=C\C)sc2cc(-n3c4ccccc4c4cc(-c5ccc6c(c5)c5ccccc5n6-c5ccc6c(c5)oc5ccccc56)ccc43)ccc12. The summed E-state index contributed by atoms with van der Waals surface area (Å²) in [6.07, 6.45) is 6.26. The Morgan fingerprint density at radius 2 is 1.06 bits per heavy atom. The zero-order valence-electron chi connectivity index (χ0n) is 29.0. The van der Waals surface area contributed by atoms with Gasteiger partial charge in [-0.1, -0.05) is 91.5 Å². The maximum absolute atomic E-state index is 6.31. The van der Waals surface area contributed by atoms with Crippen molar-refractivity contribution in [1.82, 2.24) is 9.13 Å². The zero-order chi connectivity index (χ0) is 35.2. The zero-order valence-corrected chi connectivity index (χ0v) is 29.8. The number of aromatic nitrogens is 2.